The Bertz CT molecular complexity index is 1080. The van der Waals surface area contributed by atoms with Crippen molar-refractivity contribution in [3.05, 3.63) is 124 Å². The number of benzene rings is 3. The summed E-state index contributed by atoms with van der Waals surface area (Å²) < 4.78 is 7.07. The Balaban J connectivity index is 1.50. The van der Waals surface area contributed by atoms with E-state index in [0.29, 0.717) is 17.1 Å². The average molecular weight is 459 g/mol. The van der Waals surface area contributed by atoms with Crippen molar-refractivity contribution in [2.24, 2.45) is 0 Å². The van der Waals surface area contributed by atoms with Crippen molar-refractivity contribution in [2.45, 2.75) is 6.10 Å². The van der Waals surface area contributed by atoms with Gasteiger partial charge in [0.15, 0.2) is 6.10 Å². The lowest BCUT2D eigenvalue weighted by molar-refractivity contribution is 0.102. The van der Waals surface area contributed by atoms with Crippen LogP contribution in [0.2, 0.25) is 0 Å². The third-order valence-electron chi connectivity index (χ3n) is 4.52. The number of anilines is 1. The van der Waals surface area contributed by atoms with Gasteiger partial charge < -0.3 is 10.1 Å². The molecule has 3 aromatic carbocycles. The van der Waals surface area contributed by atoms with E-state index in [1.165, 1.54) is 0 Å². The number of hydrogen-bond donors (Lipinski definition) is 1. The van der Waals surface area contributed by atoms with Crippen molar-refractivity contribution in [3.63, 3.8) is 0 Å². The summed E-state index contributed by atoms with van der Waals surface area (Å²) >= 11 is 3.38. The van der Waals surface area contributed by atoms with Gasteiger partial charge in [0.1, 0.15) is 0 Å². The molecule has 0 saturated carbocycles. The van der Waals surface area contributed by atoms with Crippen LogP contribution < -0.4 is 10.1 Å². The third kappa shape index (κ3) is 4.93. The average Bonchev–Trinajstić information content (AvgIpc) is 2.80. The molecular weight excluding hydrogens is 440 g/mol. The molecule has 0 aliphatic heterocycles. The summed E-state index contributed by atoms with van der Waals surface area (Å²) in [7, 11) is 0. The standard InChI is InChI=1S/C25H19BrN2O2/c26-21-13-7-12-20(16-21)25(29)28-22-14-15-23(27-17-22)30-24(18-8-3-1-4-9-18)19-10-5-2-6-11-19/h1-17,24H,(H,28,29). The second-order valence-electron chi connectivity index (χ2n) is 6.67. The highest BCUT2D eigenvalue weighted by atomic mass is 79.9. The first kappa shape index (κ1) is 19.9. The van der Waals surface area contributed by atoms with Gasteiger partial charge in [0.05, 0.1) is 11.9 Å². The van der Waals surface area contributed by atoms with E-state index in [1.54, 1.807) is 30.5 Å². The lowest BCUT2D eigenvalue weighted by Gasteiger charge is -2.19. The second-order valence-corrected chi connectivity index (χ2v) is 7.58. The molecule has 0 unspecified atom stereocenters. The molecule has 30 heavy (non-hydrogen) atoms. The highest BCUT2D eigenvalue weighted by Gasteiger charge is 2.16. The fraction of sp³-hybridized carbons (Fsp3) is 0.0400. The van der Waals surface area contributed by atoms with Gasteiger partial charge >= 0.3 is 0 Å². The zero-order valence-electron chi connectivity index (χ0n) is 16.0. The molecule has 1 aromatic heterocycles. The summed E-state index contributed by atoms with van der Waals surface area (Å²) in [6.07, 6.45) is 1.32. The number of carbonyl (C=O) groups is 1. The number of nitrogens with zero attached hydrogens (tertiary/aromatic N) is 1. The molecule has 1 N–H and O–H groups in total. The highest BCUT2D eigenvalue weighted by Crippen LogP contribution is 2.28. The fourth-order valence-corrected chi connectivity index (χ4v) is 3.46. The van der Waals surface area contributed by atoms with Crippen molar-refractivity contribution >= 4 is 27.5 Å². The minimum atomic E-state index is -0.276. The Hall–Kier alpha value is -3.44. The minimum Gasteiger partial charge on any atom is -0.465 e. The second kappa shape index (κ2) is 9.37. The molecule has 4 nitrogen and oxygen atoms in total. The first-order valence-electron chi connectivity index (χ1n) is 9.48. The summed E-state index contributed by atoms with van der Waals surface area (Å²) in [6, 6.07) is 30.8. The number of rotatable bonds is 6. The summed E-state index contributed by atoms with van der Waals surface area (Å²) in [4.78, 5) is 16.8. The van der Waals surface area contributed by atoms with Crippen LogP contribution >= 0.6 is 15.9 Å². The van der Waals surface area contributed by atoms with Gasteiger partial charge in [-0.25, -0.2) is 4.98 Å². The van der Waals surface area contributed by atoms with Gasteiger partial charge in [-0.2, -0.15) is 0 Å². The molecule has 1 heterocycles. The van der Waals surface area contributed by atoms with Gasteiger partial charge in [-0.1, -0.05) is 82.7 Å². The minimum absolute atomic E-state index is 0.196. The van der Waals surface area contributed by atoms with Gasteiger partial charge in [0.2, 0.25) is 5.88 Å². The highest BCUT2D eigenvalue weighted by molar-refractivity contribution is 9.10. The Morgan fingerprint density at radius 2 is 1.50 bits per heavy atom. The molecule has 1 amide bonds. The summed E-state index contributed by atoms with van der Waals surface area (Å²) in [5, 5.41) is 2.85. The quantitative estimate of drug-likeness (QED) is 0.370. The van der Waals surface area contributed by atoms with Gasteiger partial charge in [-0.3, -0.25) is 4.79 Å². The number of nitrogens with one attached hydrogen (secondary N) is 1. The zero-order chi connectivity index (χ0) is 20.8. The number of carbonyl (C=O) groups excluding carboxylic acids is 1. The van der Waals surface area contributed by atoms with Crippen LogP contribution in [0.15, 0.2) is 108 Å². The van der Waals surface area contributed by atoms with E-state index < -0.39 is 0 Å². The molecule has 4 aromatic rings. The maximum absolute atomic E-state index is 12.4. The Labute approximate surface area is 183 Å². The maximum atomic E-state index is 12.4. The lowest BCUT2D eigenvalue weighted by atomic mass is 10.0. The number of hydrogen-bond acceptors (Lipinski definition) is 3. The van der Waals surface area contributed by atoms with Gasteiger partial charge in [-0.15, -0.1) is 0 Å². The van der Waals surface area contributed by atoms with Gasteiger partial charge in [-0.05, 0) is 35.4 Å². The van der Waals surface area contributed by atoms with Crippen LogP contribution in [0.4, 0.5) is 5.69 Å². The third-order valence-corrected chi connectivity index (χ3v) is 5.02. The van der Waals surface area contributed by atoms with E-state index in [-0.39, 0.29) is 12.0 Å². The van der Waals surface area contributed by atoms with Gasteiger partial charge in [0, 0.05) is 16.1 Å². The molecule has 0 saturated heterocycles. The van der Waals surface area contributed by atoms with Crippen molar-refractivity contribution in [2.75, 3.05) is 5.32 Å². The Morgan fingerprint density at radius 3 is 2.07 bits per heavy atom. The smallest absolute Gasteiger partial charge is 0.255 e. The largest absolute Gasteiger partial charge is 0.465 e. The van der Waals surface area contributed by atoms with E-state index in [0.717, 1.165) is 15.6 Å². The lowest BCUT2D eigenvalue weighted by Crippen LogP contribution is -2.13. The summed E-state index contributed by atoms with van der Waals surface area (Å²) in [6.45, 7) is 0. The van der Waals surface area contributed by atoms with Crippen LogP contribution in [0.5, 0.6) is 5.88 Å². The molecule has 148 valence electrons. The number of pyridine rings is 1. The predicted octanol–water partition coefficient (Wildman–Crippen LogP) is 6.26. The molecule has 5 heteroatoms. The number of halogens is 1. The molecule has 0 fully saturated rings. The van der Waals surface area contributed by atoms with E-state index in [4.69, 9.17) is 4.74 Å². The van der Waals surface area contributed by atoms with Crippen LogP contribution in [-0.4, -0.2) is 10.9 Å². The fourth-order valence-electron chi connectivity index (χ4n) is 3.06. The molecule has 0 atom stereocenters. The van der Waals surface area contributed by atoms with Gasteiger partial charge in [0.25, 0.3) is 5.91 Å². The zero-order valence-corrected chi connectivity index (χ0v) is 17.6. The Kier molecular flexibility index (Phi) is 6.20. The first-order chi connectivity index (χ1) is 14.7. The van der Waals surface area contributed by atoms with Crippen LogP contribution in [0, 0.1) is 0 Å². The summed E-state index contributed by atoms with van der Waals surface area (Å²) in [5.41, 5.74) is 3.25. The predicted molar refractivity (Wildman–Crippen MR) is 122 cm³/mol. The molecule has 0 aliphatic carbocycles. The van der Waals surface area contributed by atoms with Crippen molar-refractivity contribution in [1.82, 2.24) is 4.98 Å². The SMILES string of the molecule is O=C(Nc1ccc(OC(c2ccccc2)c2ccccc2)nc1)c1cccc(Br)c1. The molecule has 0 aliphatic rings. The number of aromatic nitrogens is 1. The molecule has 0 bridgehead atoms. The van der Waals surface area contributed by atoms with E-state index in [2.05, 4.69) is 26.2 Å². The van der Waals surface area contributed by atoms with Crippen molar-refractivity contribution in [1.29, 1.82) is 0 Å². The molecule has 4 rings (SSSR count). The molecular formula is C25H19BrN2O2. The van der Waals surface area contributed by atoms with Crippen molar-refractivity contribution in [3.8, 4) is 5.88 Å². The van der Waals surface area contributed by atoms with Crippen LogP contribution in [0.25, 0.3) is 0 Å². The molecule has 0 spiro atoms. The normalized spacial score (nSPS) is 10.6. The Morgan fingerprint density at radius 1 is 0.833 bits per heavy atom. The topological polar surface area (TPSA) is 51.2 Å². The van der Waals surface area contributed by atoms with E-state index in [1.807, 2.05) is 72.8 Å². The summed E-state index contributed by atoms with van der Waals surface area (Å²) in [5.74, 6) is 0.284. The number of amides is 1. The van der Waals surface area contributed by atoms with E-state index in [9.17, 15) is 4.79 Å². The van der Waals surface area contributed by atoms with Crippen LogP contribution in [0.1, 0.15) is 27.6 Å². The molecule has 0 radical (unpaired) electrons. The van der Waals surface area contributed by atoms with Crippen molar-refractivity contribution < 1.29 is 9.53 Å². The van der Waals surface area contributed by atoms with Crippen LogP contribution in [-0.2, 0) is 0 Å². The monoisotopic (exact) mass is 458 g/mol. The van der Waals surface area contributed by atoms with E-state index >= 15 is 0 Å². The maximum Gasteiger partial charge on any atom is 0.255 e. The number of ether oxygens (including phenoxy) is 1. The first-order valence-corrected chi connectivity index (χ1v) is 10.3. The van der Waals surface area contributed by atoms with Crippen LogP contribution in [0.3, 0.4) is 0 Å².